The molecule has 7 heteroatoms. The quantitative estimate of drug-likeness (QED) is 0.621. The number of aromatic nitrogens is 2. The van der Waals surface area contributed by atoms with Crippen molar-refractivity contribution in [3.05, 3.63) is 18.2 Å². The Hall–Kier alpha value is -0.920. The van der Waals surface area contributed by atoms with Gasteiger partial charge in [0.25, 0.3) is 0 Å². The van der Waals surface area contributed by atoms with E-state index in [4.69, 9.17) is 0 Å². The Kier molecular flexibility index (Phi) is 4.25. The largest absolute Gasteiger partial charge is 0.337 e. The van der Waals surface area contributed by atoms with Crippen LogP contribution in [-0.4, -0.2) is 37.3 Å². The zero-order valence-corrected chi connectivity index (χ0v) is 9.71. The highest BCUT2D eigenvalue weighted by Crippen LogP contribution is 1.92. The van der Waals surface area contributed by atoms with Crippen LogP contribution in [-0.2, 0) is 23.6 Å². The second kappa shape index (κ2) is 5.24. The molecular weight excluding hydrogens is 216 g/mol. The highest BCUT2D eigenvalue weighted by molar-refractivity contribution is 7.89. The maximum atomic E-state index is 11.1. The predicted molar refractivity (Wildman–Crippen MR) is 57.8 cm³/mol. The summed E-state index contributed by atoms with van der Waals surface area (Å²) in [6.07, 6.45) is 3.56. The summed E-state index contributed by atoms with van der Waals surface area (Å²) in [7, 11) is 0.198. The lowest BCUT2D eigenvalue weighted by atomic mass is 10.5. The number of nitrogens with zero attached hydrogens (tertiary/aromatic N) is 2. The average Bonchev–Trinajstić information content (AvgIpc) is 2.59. The van der Waals surface area contributed by atoms with Gasteiger partial charge in [-0.3, -0.25) is 0 Å². The van der Waals surface area contributed by atoms with Crippen LogP contribution in [0.2, 0.25) is 0 Å². The number of sulfonamides is 1. The summed E-state index contributed by atoms with van der Waals surface area (Å²) in [5, 5.41) is 3.02. The van der Waals surface area contributed by atoms with Gasteiger partial charge in [0, 0.05) is 26.0 Å². The minimum Gasteiger partial charge on any atom is -0.337 e. The fourth-order valence-corrected chi connectivity index (χ4v) is 1.69. The van der Waals surface area contributed by atoms with Gasteiger partial charge in [0.2, 0.25) is 10.0 Å². The van der Waals surface area contributed by atoms with E-state index in [2.05, 4.69) is 15.0 Å². The molecule has 0 spiro atoms. The van der Waals surface area contributed by atoms with Crippen molar-refractivity contribution in [3.8, 4) is 0 Å². The monoisotopic (exact) mass is 232 g/mol. The zero-order chi connectivity index (χ0) is 11.3. The molecule has 1 rings (SSSR count). The lowest BCUT2D eigenvalue weighted by Crippen LogP contribution is -2.29. The molecule has 0 fully saturated rings. The molecule has 2 N–H and O–H groups in total. The fraction of sp³-hybridized carbons (Fsp3) is 0.625. The molecule has 0 atom stereocenters. The number of imidazole rings is 1. The summed E-state index contributed by atoms with van der Waals surface area (Å²) in [5.74, 6) is 0.963. The first kappa shape index (κ1) is 12.2. The maximum Gasteiger partial charge on any atom is 0.212 e. The molecule has 6 nitrogen and oxygen atoms in total. The Morgan fingerprint density at radius 1 is 1.53 bits per heavy atom. The van der Waals surface area contributed by atoms with Crippen molar-refractivity contribution in [2.24, 2.45) is 7.05 Å². The predicted octanol–water partition coefficient (Wildman–Crippen LogP) is -0.941. The molecule has 0 saturated heterocycles. The lowest BCUT2D eigenvalue weighted by molar-refractivity contribution is 0.580. The Labute approximate surface area is 89.8 Å². The molecule has 0 aliphatic carbocycles. The highest BCUT2D eigenvalue weighted by Gasteiger charge is 2.05. The summed E-state index contributed by atoms with van der Waals surface area (Å²) in [5.41, 5.74) is 0. The molecule has 0 amide bonds. The number of rotatable bonds is 6. The standard InChI is InChI=1S/C8H16N4O2S/c1-9-15(13,14)6-4-10-7-8-11-3-5-12(8)2/h3,5,9-10H,4,6-7H2,1-2H3. The summed E-state index contributed by atoms with van der Waals surface area (Å²) in [6.45, 7) is 0.985. The maximum absolute atomic E-state index is 11.1. The molecule has 15 heavy (non-hydrogen) atoms. The fourth-order valence-electron chi connectivity index (χ4n) is 1.08. The van der Waals surface area contributed by atoms with Crippen molar-refractivity contribution in [2.75, 3.05) is 19.3 Å². The van der Waals surface area contributed by atoms with Gasteiger partial charge < -0.3 is 9.88 Å². The first-order valence-electron chi connectivity index (χ1n) is 4.63. The minimum absolute atomic E-state index is 0.0773. The van der Waals surface area contributed by atoms with Crippen LogP contribution in [0.15, 0.2) is 12.4 Å². The molecule has 0 saturated carbocycles. The number of hydrogen-bond acceptors (Lipinski definition) is 4. The Bertz CT molecular complexity index is 399. The van der Waals surface area contributed by atoms with Crippen LogP contribution in [0.1, 0.15) is 5.82 Å². The van der Waals surface area contributed by atoms with Crippen molar-refractivity contribution in [2.45, 2.75) is 6.54 Å². The first-order valence-corrected chi connectivity index (χ1v) is 6.28. The van der Waals surface area contributed by atoms with E-state index in [9.17, 15) is 8.42 Å². The lowest BCUT2D eigenvalue weighted by Gasteiger charge is -2.05. The number of aryl methyl sites for hydroxylation is 1. The van der Waals surface area contributed by atoms with E-state index >= 15 is 0 Å². The van der Waals surface area contributed by atoms with Crippen LogP contribution >= 0.6 is 0 Å². The molecule has 1 aromatic heterocycles. The number of hydrogen-bond donors (Lipinski definition) is 2. The Morgan fingerprint density at radius 3 is 2.80 bits per heavy atom. The van der Waals surface area contributed by atoms with Crippen LogP contribution in [0.25, 0.3) is 0 Å². The Balaban J connectivity index is 2.26. The second-order valence-electron chi connectivity index (χ2n) is 3.15. The summed E-state index contributed by atoms with van der Waals surface area (Å²) in [4.78, 5) is 4.11. The van der Waals surface area contributed by atoms with Gasteiger partial charge in [-0.2, -0.15) is 0 Å². The average molecular weight is 232 g/mol. The normalized spacial score (nSPS) is 11.9. The third-order valence-electron chi connectivity index (χ3n) is 2.06. The van der Waals surface area contributed by atoms with E-state index in [1.165, 1.54) is 7.05 Å². The van der Waals surface area contributed by atoms with Gasteiger partial charge in [-0.05, 0) is 7.05 Å². The van der Waals surface area contributed by atoms with Gasteiger partial charge in [-0.1, -0.05) is 0 Å². The smallest absolute Gasteiger partial charge is 0.212 e. The van der Waals surface area contributed by atoms with Crippen molar-refractivity contribution in [1.29, 1.82) is 0 Å². The Morgan fingerprint density at radius 2 is 2.27 bits per heavy atom. The SMILES string of the molecule is CNS(=O)(=O)CCNCc1nccn1C. The molecule has 0 bridgehead atoms. The van der Waals surface area contributed by atoms with Crippen molar-refractivity contribution in [1.82, 2.24) is 19.6 Å². The summed E-state index contributed by atoms with van der Waals surface area (Å²) < 4.78 is 26.3. The van der Waals surface area contributed by atoms with Gasteiger partial charge >= 0.3 is 0 Å². The van der Waals surface area contributed by atoms with Gasteiger partial charge in [0.1, 0.15) is 5.82 Å². The van der Waals surface area contributed by atoms with Crippen molar-refractivity contribution >= 4 is 10.0 Å². The minimum atomic E-state index is -3.11. The van der Waals surface area contributed by atoms with Gasteiger partial charge in [-0.15, -0.1) is 0 Å². The van der Waals surface area contributed by atoms with Crippen LogP contribution in [0.3, 0.4) is 0 Å². The van der Waals surface area contributed by atoms with E-state index < -0.39 is 10.0 Å². The first-order chi connectivity index (χ1) is 7.05. The van der Waals surface area contributed by atoms with Crippen LogP contribution in [0.5, 0.6) is 0 Å². The second-order valence-corrected chi connectivity index (χ2v) is 5.20. The van der Waals surface area contributed by atoms with E-state index in [0.717, 1.165) is 5.82 Å². The molecule has 0 aliphatic rings. The van der Waals surface area contributed by atoms with E-state index in [0.29, 0.717) is 13.1 Å². The van der Waals surface area contributed by atoms with Gasteiger partial charge in [0.15, 0.2) is 0 Å². The van der Waals surface area contributed by atoms with Crippen molar-refractivity contribution in [3.63, 3.8) is 0 Å². The van der Waals surface area contributed by atoms with E-state index in [1.807, 2.05) is 17.8 Å². The summed E-state index contributed by atoms with van der Waals surface area (Å²) in [6, 6.07) is 0. The number of nitrogens with one attached hydrogen (secondary N) is 2. The molecule has 1 aromatic rings. The van der Waals surface area contributed by atoms with Crippen LogP contribution in [0.4, 0.5) is 0 Å². The van der Waals surface area contributed by atoms with E-state index in [-0.39, 0.29) is 5.75 Å². The zero-order valence-electron chi connectivity index (χ0n) is 8.90. The third kappa shape index (κ3) is 3.98. The molecule has 1 heterocycles. The summed E-state index contributed by atoms with van der Waals surface area (Å²) >= 11 is 0. The van der Waals surface area contributed by atoms with Crippen molar-refractivity contribution < 1.29 is 8.42 Å². The molecule has 0 radical (unpaired) electrons. The molecule has 86 valence electrons. The molecule has 0 aliphatic heterocycles. The van der Waals surface area contributed by atoms with Gasteiger partial charge in [0.05, 0.1) is 12.3 Å². The topological polar surface area (TPSA) is 76.0 Å². The molecule has 0 unspecified atom stereocenters. The van der Waals surface area contributed by atoms with Crippen LogP contribution < -0.4 is 10.0 Å². The van der Waals surface area contributed by atoms with Gasteiger partial charge in [-0.25, -0.2) is 18.1 Å². The van der Waals surface area contributed by atoms with Crippen LogP contribution in [0, 0.1) is 0 Å². The molecular formula is C8H16N4O2S. The highest BCUT2D eigenvalue weighted by atomic mass is 32.2. The third-order valence-corrected chi connectivity index (χ3v) is 3.43. The molecule has 0 aromatic carbocycles. The van der Waals surface area contributed by atoms with E-state index in [1.54, 1.807) is 6.20 Å².